The average molecular weight is 378 g/mol. The van der Waals surface area contributed by atoms with Gasteiger partial charge in [-0.15, -0.1) is 0 Å². The van der Waals surface area contributed by atoms with Crippen molar-refractivity contribution in [2.45, 2.75) is 37.7 Å². The molecule has 2 aromatic rings. The van der Waals surface area contributed by atoms with E-state index in [-0.39, 0.29) is 23.2 Å². The summed E-state index contributed by atoms with van der Waals surface area (Å²) in [4.78, 5) is 10.0. The number of ether oxygens (including phenoxy) is 1. The fraction of sp³-hybridized carbons (Fsp3) is 0.333. The van der Waals surface area contributed by atoms with Crippen molar-refractivity contribution in [3.63, 3.8) is 0 Å². The Kier molecular flexibility index (Phi) is 6.70. The molecule has 0 spiro atoms. The fourth-order valence-electron chi connectivity index (χ4n) is 2.39. The van der Waals surface area contributed by atoms with E-state index in [4.69, 9.17) is 4.74 Å². The van der Waals surface area contributed by atoms with E-state index in [0.717, 1.165) is 17.4 Å². The standard InChI is InChI=1S/C18H22N2O5S/c1-14(2)25-17-9-3-6-15(12-17)7-5-11-19-26(23,24)18-10-4-8-16(13-18)20(21)22/h3-4,6,8-10,12-14,19H,5,7,11H2,1-2H3. The monoisotopic (exact) mass is 378 g/mol. The van der Waals surface area contributed by atoms with Gasteiger partial charge in [0.1, 0.15) is 5.75 Å². The van der Waals surface area contributed by atoms with Crippen LogP contribution in [0.15, 0.2) is 53.4 Å². The number of rotatable bonds is 9. The topological polar surface area (TPSA) is 98.5 Å². The van der Waals surface area contributed by atoms with Crippen molar-refractivity contribution < 1.29 is 18.1 Å². The van der Waals surface area contributed by atoms with Crippen LogP contribution in [0.2, 0.25) is 0 Å². The first-order valence-corrected chi connectivity index (χ1v) is 9.76. The van der Waals surface area contributed by atoms with Crippen LogP contribution in [0, 0.1) is 10.1 Å². The van der Waals surface area contributed by atoms with Crippen molar-refractivity contribution in [1.29, 1.82) is 0 Å². The number of nitrogens with one attached hydrogen (secondary N) is 1. The van der Waals surface area contributed by atoms with Crippen LogP contribution in [0.25, 0.3) is 0 Å². The van der Waals surface area contributed by atoms with E-state index in [1.54, 1.807) is 0 Å². The predicted octanol–water partition coefficient (Wildman–Crippen LogP) is 3.29. The van der Waals surface area contributed by atoms with E-state index < -0.39 is 14.9 Å². The highest BCUT2D eigenvalue weighted by Gasteiger charge is 2.16. The number of aryl methyl sites for hydroxylation is 1. The van der Waals surface area contributed by atoms with Crippen LogP contribution in [-0.4, -0.2) is 26.0 Å². The Morgan fingerprint density at radius 2 is 1.88 bits per heavy atom. The van der Waals surface area contributed by atoms with Crippen LogP contribution >= 0.6 is 0 Å². The molecule has 140 valence electrons. The maximum atomic E-state index is 12.2. The molecule has 0 atom stereocenters. The van der Waals surface area contributed by atoms with Crippen molar-refractivity contribution in [2.24, 2.45) is 0 Å². The first kappa shape index (κ1) is 19.9. The smallest absolute Gasteiger partial charge is 0.270 e. The van der Waals surface area contributed by atoms with Gasteiger partial charge in [-0.2, -0.15) is 0 Å². The van der Waals surface area contributed by atoms with Crippen molar-refractivity contribution in [3.8, 4) is 5.75 Å². The zero-order valence-corrected chi connectivity index (χ0v) is 15.5. The van der Waals surface area contributed by atoms with Crippen LogP contribution in [0.3, 0.4) is 0 Å². The van der Waals surface area contributed by atoms with Crippen LogP contribution < -0.4 is 9.46 Å². The minimum atomic E-state index is -3.77. The number of hydrogen-bond donors (Lipinski definition) is 1. The lowest BCUT2D eigenvalue weighted by Gasteiger charge is -2.11. The molecule has 0 aliphatic heterocycles. The Morgan fingerprint density at radius 1 is 1.15 bits per heavy atom. The van der Waals surface area contributed by atoms with Gasteiger partial charge in [-0.3, -0.25) is 10.1 Å². The molecule has 7 nitrogen and oxygen atoms in total. The second-order valence-electron chi connectivity index (χ2n) is 6.07. The molecule has 8 heteroatoms. The van der Waals surface area contributed by atoms with Gasteiger partial charge in [-0.1, -0.05) is 18.2 Å². The van der Waals surface area contributed by atoms with Crippen molar-refractivity contribution in [1.82, 2.24) is 4.72 Å². The van der Waals surface area contributed by atoms with Crippen LogP contribution in [-0.2, 0) is 16.4 Å². The number of hydrogen-bond acceptors (Lipinski definition) is 5. The zero-order chi connectivity index (χ0) is 19.2. The molecular formula is C18H22N2O5S. The maximum absolute atomic E-state index is 12.2. The summed E-state index contributed by atoms with van der Waals surface area (Å²) in [6.45, 7) is 4.14. The molecule has 0 aliphatic rings. The molecular weight excluding hydrogens is 356 g/mol. The molecule has 2 aromatic carbocycles. The third kappa shape index (κ3) is 5.82. The van der Waals surface area contributed by atoms with Crippen LogP contribution in [0.1, 0.15) is 25.8 Å². The second-order valence-corrected chi connectivity index (χ2v) is 7.84. The van der Waals surface area contributed by atoms with E-state index in [1.807, 2.05) is 38.1 Å². The molecule has 1 N–H and O–H groups in total. The molecule has 26 heavy (non-hydrogen) atoms. The molecule has 0 aliphatic carbocycles. The first-order chi connectivity index (χ1) is 12.3. The zero-order valence-electron chi connectivity index (χ0n) is 14.7. The third-order valence-electron chi connectivity index (χ3n) is 3.54. The van der Waals surface area contributed by atoms with Gasteiger partial charge in [0.05, 0.1) is 15.9 Å². The summed E-state index contributed by atoms with van der Waals surface area (Å²) in [6.07, 6.45) is 1.37. The highest BCUT2D eigenvalue weighted by molar-refractivity contribution is 7.89. The summed E-state index contributed by atoms with van der Waals surface area (Å²) in [5.41, 5.74) is 0.799. The largest absolute Gasteiger partial charge is 0.491 e. The lowest BCUT2D eigenvalue weighted by molar-refractivity contribution is -0.385. The minimum Gasteiger partial charge on any atom is -0.491 e. The Labute approximate surface area is 153 Å². The summed E-state index contributed by atoms with van der Waals surface area (Å²) in [6, 6.07) is 12.7. The van der Waals surface area contributed by atoms with Crippen molar-refractivity contribution >= 4 is 15.7 Å². The number of sulfonamides is 1. The number of nitrogens with zero attached hydrogens (tertiary/aromatic N) is 1. The van der Waals surface area contributed by atoms with Gasteiger partial charge >= 0.3 is 0 Å². The SMILES string of the molecule is CC(C)Oc1cccc(CCCNS(=O)(=O)c2cccc([N+](=O)[O-])c2)c1. The van der Waals surface area contributed by atoms with Gasteiger partial charge in [0.15, 0.2) is 0 Å². The van der Waals surface area contributed by atoms with Gasteiger partial charge in [-0.25, -0.2) is 13.1 Å². The molecule has 0 aromatic heterocycles. The van der Waals surface area contributed by atoms with Crippen molar-refractivity contribution in [2.75, 3.05) is 6.54 Å². The lowest BCUT2D eigenvalue weighted by atomic mass is 10.1. The Bertz CT molecular complexity index is 865. The van der Waals surface area contributed by atoms with Gasteiger partial charge in [0.2, 0.25) is 10.0 Å². The Morgan fingerprint density at radius 3 is 2.58 bits per heavy atom. The second kappa shape index (κ2) is 8.77. The molecule has 0 radical (unpaired) electrons. The Balaban J connectivity index is 1.91. The minimum absolute atomic E-state index is 0.0898. The van der Waals surface area contributed by atoms with E-state index in [2.05, 4.69) is 4.72 Å². The van der Waals surface area contributed by atoms with Crippen LogP contribution in [0.4, 0.5) is 5.69 Å². The number of benzene rings is 2. The maximum Gasteiger partial charge on any atom is 0.270 e. The first-order valence-electron chi connectivity index (χ1n) is 8.27. The van der Waals surface area contributed by atoms with E-state index >= 15 is 0 Å². The summed E-state index contributed by atoms with van der Waals surface area (Å²) in [5.74, 6) is 0.787. The molecule has 0 heterocycles. The van der Waals surface area contributed by atoms with Gasteiger partial charge in [0, 0.05) is 18.7 Å². The lowest BCUT2D eigenvalue weighted by Crippen LogP contribution is -2.25. The molecule has 2 rings (SSSR count). The number of nitro groups is 1. The van der Waals surface area contributed by atoms with Crippen molar-refractivity contribution in [3.05, 3.63) is 64.2 Å². The van der Waals surface area contributed by atoms with Gasteiger partial charge in [-0.05, 0) is 50.5 Å². The molecule has 0 saturated carbocycles. The van der Waals surface area contributed by atoms with Crippen LogP contribution in [0.5, 0.6) is 5.75 Å². The van der Waals surface area contributed by atoms with Gasteiger partial charge in [0.25, 0.3) is 5.69 Å². The van der Waals surface area contributed by atoms with E-state index in [1.165, 1.54) is 18.2 Å². The number of non-ortho nitro benzene ring substituents is 1. The van der Waals surface area contributed by atoms with E-state index in [0.29, 0.717) is 12.8 Å². The fourth-order valence-corrected chi connectivity index (χ4v) is 3.51. The molecule has 0 bridgehead atoms. The van der Waals surface area contributed by atoms with Gasteiger partial charge < -0.3 is 4.74 Å². The highest BCUT2D eigenvalue weighted by atomic mass is 32.2. The predicted molar refractivity (Wildman–Crippen MR) is 98.8 cm³/mol. The third-order valence-corrected chi connectivity index (χ3v) is 5.00. The Hall–Kier alpha value is -2.45. The quantitative estimate of drug-likeness (QED) is 0.410. The summed E-state index contributed by atoms with van der Waals surface area (Å²) in [7, 11) is -3.77. The number of nitro benzene ring substituents is 1. The normalized spacial score (nSPS) is 11.5. The molecule has 0 saturated heterocycles. The van der Waals surface area contributed by atoms with E-state index in [9.17, 15) is 18.5 Å². The summed E-state index contributed by atoms with van der Waals surface area (Å²) >= 11 is 0. The summed E-state index contributed by atoms with van der Waals surface area (Å²) in [5, 5.41) is 10.8. The summed E-state index contributed by atoms with van der Waals surface area (Å²) < 4.78 is 32.6. The average Bonchev–Trinajstić information content (AvgIpc) is 2.58. The molecule has 0 fully saturated rings. The molecule has 0 amide bonds. The highest BCUT2D eigenvalue weighted by Crippen LogP contribution is 2.18. The molecule has 0 unspecified atom stereocenters.